The van der Waals surface area contributed by atoms with E-state index in [2.05, 4.69) is 4.90 Å². The first-order valence-corrected chi connectivity index (χ1v) is 6.08. The average molecular weight is 234 g/mol. The molecule has 17 heavy (non-hydrogen) atoms. The predicted molar refractivity (Wildman–Crippen MR) is 66.2 cm³/mol. The van der Waals surface area contributed by atoms with Crippen molar-refractivity contribution >= 4 is 5.69 Å². The van der Waals surface area contributed by atoms with Gasteiger partial charge < -0.3 is 20.5 Å². The third-order valence-corrected chi connectivity index (χ3v) is 4.08. The number of aromatic hydroxyl groups is 1. The van der Waals surface area contributed by atoms with Crippen LogP contribution in [0.3, 0.4) is 0 Å². The molecule has 3 rings (SSSR count). The first kappa shape index (κ1) is 10.9. The quantitative estimate of drug-likeness (QED) is 0.709. The van der Waals surface area contributed by atoms with Crippen molar-refractivity contribution in [3.05, 3.63) is 23.8 Å². The van der Waals surface area contributed by atoms with Crippen LogP contribution in [0.4, 0.5) is 5.69 Å². The van der Waals surface area contributed by atoms with Gasteiger partial charge in [-0.2, -0.15) is 0 Å². The Morgan fingerprint density at radius 3 is 3.12 bits per heavy atom. The van der Waals surface area contributed by atoms with Crippen LogP contribution < -0.4 is 10.6 Å². The van der Waals surface area contributed by atoms with Crippen molar-refractivity contribution in [1.29, 1.82) is 0 Å². The minimum Gasteiger partial charge on any atom is -0.506 e. The van der Waals surface area contributed by atoms with Crippen molar-refractivity contribution in [2.45, 2.75) is 18.5 Å². The topological polar surface area (TPSA) is 58.7 Å². The van der Waals surface area contributed by atoms with Crippen LogP contribution in [0.2, 0.25) is 0 Å². The van der Waals surface area contributed by atoms with Crippen molar-refractivity contribution in [3.63, 3.8) is 0 Å². The Kier molecular flexibility index (Phi) is 2.49. The summed E-state index contributed by atoms with van der Waals surface area (Å²) in [5.74, 6) is 0.647. The summed E-state index contributed by atoms with van der Waals surface area (Å²) in [5.41, 5.74) is 8.23. The minimum atomic E-state index is -0.0430. The van der Waals surface area contributed by atoms with Crippen LogP contribution in [0, 0.1) is 5.92 Å². The van der Waals surface area contributed by atoms with Gasteiger partial charge in [0.25, 0.3) is 0 Å². The summed E-state index contributed by atoms with van der Waals surface area (Å²) in [5, 5.41) is 10.0. The van der Waals surface area contributed by atoms with Crippen molar-refractivity contribution < 1.29 is 9.84 Å². The van der Waals surface area contributed by atoms with Crippen molar-refractivity contribution in [2.75, 3.05) is 25.2 Å². The predicted octanol–water partition coefficient (Wildman–Crippen LogP) is 1.25. The Balaban J connectivity index is 2.10. The van der Waals surface area contributed by atoms with Crippen molar-refractivity contribution in [2.24, 2.45) is 11.7 Å². The fraction of sp³-hybridized carbons (Fsp3) is 0.538. The molecule has 3 atom stereocenters. The molecule has 0 aromatic heterocycles. The van der Waals surface area contributed by atoms with E-state index in [1.807, 2.05) is 19.2 Å². The fourth-order valence-electron chi connectivity index (χ4n) is 3.17. The molecule has 0 radical (unpaired) electrons. The van der Waals surface area contributed by atoms with E-state index in [9.17, 15) is 5.11 Å². The smallest absolute Gasteiger partial charge is 0.139 e. The number of hydrogen-bond acceptors (Lipinski definition) is 4. The SMILES string of the molecule is CN1c2c(O)cccc2C(N)C2COCCC21. The molecule has 1 saturated heterocycles. The van der Waals surface area contributed by atoms with Crippen molar-refractivity contribution in [1.82, 2.24) is 0 Å². The number of nitrogens with zero attached hydrogens (tertiary/aromatic N) is 1. The lowest BCUT2D eigenvalue weighted by molar-refractivity contribution is 0.0270. The van der Waals surface area contributed by atoms with E-state index in [1.54, 1.807) is 6.07 Å². The minimum absolute atomic E-state index is 0.0430. The average Bonchev–Trinajstić information content (AvgIpc) is 2.36. The zero-order valence-electron chi connectivity index (χ0n) is 9.97. The molecule has 1 aromatic rings. The molecule has 4 heteroatoms. The molecule has 2 aliphatic rings. The lowest BCUT2D eigenvalue weighted by atomic mass is 9.80. The molecule has 0 bridgehead atoms. The van der Waals surface area contributed by atoms with E-state index in [1.165, 1.54) is 0 Å². The summed E-state index contributed by atoms with van der Waals surface area (Å²) in [6.07, 6.45) is 0.975. The summed E-state index contributed by atoms with van der Waals surface area (Å²) < 4.78 is 5.53. The Hall–Kier alpha value is -1.26. The summed E-state index contributed by atoms with van der Waals surface area (Å²) in [6, 6.07) is 5.91. The molecule has 0 spiro atoms. The Morgan fingerprint density at radius 2 is 2.29 bits per heavy atom. The van der Waals surface area contributed by atoms with Gasteiger partial charge in [-0.05, 0) is 18.1 Å². The van der Waals surface area contributed by atoms with Crippen LogP contribution in [0.5, 0.6) is 5.75 Å². The molecular formula is C13H18N2O2. The maximum Gasteiger partial charge on any atom is 0.139 e. The van der Waals surface area contributed by atoms with Gasteiger partial charge in [0.1, 0.15) is 5.75 Å². The maximum atomic E-state index is 10.0. The number of benzene rings is 1. The number of rotatable bonds is 0. The highest BCUT2D eigenvalue weighted by atomic mass is 16.5. The molecule has 92 valence electrons. The monoisotopic (exact) mass is 234 g/mol. The van der Waals surface area contributed by atoms with Crippen LogP contribution in [-0.4, -0.2) is 31.4 Å². The van der Waals surface area contributed by atoms with Crippen LogP contribution in [-0.2, 0) is 4.74 Å². The van der Waals surface area contributed by atoms with Gasteiger partial charge in [-0.25, -0.2) is 0 Å². The molecule has 2 aliphatic heterocycles. The van der Waals surface area contributed by atoms with Gasteiger partial charge in [-0.15, -0.1) is 0 Å². The standard InChI is InChI=1S/C13H18N2O2/c1-15-10-5-6-17-7-9(10)12(14)8-3-2-4-11(16)13(8)15/h2-4,9-10,12,16H,5-7,14H2,1H3. The van der Waals surface area contributed by atoms with E-state index in [0.717, 1.165) is 24.3 Å². The zero-order valence-corrected chi connectivity index (χ0v) is 9.97. The van der Waals surface area contributed by atoms with Gasteiger partial charge in [0, 0.05) is 31.7 Å². The second kappa shape index (κ2) is 3.89. The fourth-order valence-corrected chi connectivity index (χ4v) is 3.17. The van der Waals surface area contributed by atoms with Crippen LogP contribution in [0.15, 0.2) is 18.2 Å². The molecule has 1 aromatic carbocycles. The largest absolute Gasteiger partial charge is 0.506 e. The zero-order chi connectivity index (χ0) is 12.0. The van der Waals surface area contributed by atoms with Gasteiger partial charge in [0.2, 0.25) is 0 Å². The van der Waals surface area contributed by atoms with Crippen LogP contribution in [0.1, 0.15) is 18.0 Å². The number of fused-ring (bicyclic) bond motifs is 2. The summed E-state index contributed by atoms with van der Waals surface area (Å²) >= 11 is 0. The first-order chi connectivity index (χ1) is 8.20. The molecule has 4 nitrogen and oxygen atoms in total. The number of anilines is 1. The second-order valence-electron chi connectivity index (χ2n) is 4.95. The molecule has 3 N–H and O–H groups in total. The third kappa shape index (κ3) is 1.51. The number of phenols is 1. The van der Waals surface area contributed by atoms with Gasteiger partial charge >= 0.3 is 0 Å². The third-order valence-electron chi connectivity index (χ3n) is 4.08. The highest BCUT2D eigenvalue weighted by molar-refractivity contribution is 5.66. The number of ether oxygens (including phenoxy) is 1. The maximum absolute atomic E-state index is 10.0. The Labute approximate surface area is 101 Å². The van der Waals surface area contributed by atoms with E-state index in [-0.39, 0.29) is 6.04 Å². The first-order valence-electron chi connectivity index (χ1n) is 6.08. The van der Waals surface area contributed by atoms with E-state index in [0.29, 0.717) is 24.3 Å². The Bertz CT molecular complexity index is 435. The van der Waals surface area contributed by atoms with E-state index in [4.69, 9.17) is 10.5 Å². The molecule has 3 unspecified atom stereocenters. The van der Waals surface area contributed by atoms with Gasteiger partial charge in [-0.3, -0.25) is 0 Å². The lowest BCUT2D eigenvalue weighted by Gasteiger charge is -2.47. The molecular weight excluding hydrogens is 216 g/mol. The second-order valence-corrected chi connectivity index (χ2v) is 4.95. The van der Waals surface area contributed by atoms with Crippen molar-refractivity contribution in [3.8, 4) is 5.75 Å². The number of para-hydroxylation sites is 1. The lowest BCUT2D eigenvalue weighted by Crippen LogP contribution is -2.51. The highest BCUT2D eigenvalue weighted by Gasteiger charge is 2.40. The van der Waals surface area contributed by atoms with Gasteiger partial charge in [-0.1, -0.05) is 12.1 Å². The summed E-state index contributed by atoms with van der Waals surface area (Å²) in [7, 11) is 2.04. The van der Waals surface area contributed by atoms with E-state index < -0.39 is 0 Å². The van der Waals surface area contributed by atoms with Crippen LogP contribution in [0.25, 0.3) is 0 Å². The number of nitrogens with two attached hydrogens (primary N) is 1. The molecule has 2 heterocycles. The highest BCUT2D eigenvalue weighted by Crippen LogP contribution is 2.45. The molecule has 0 saturated carbocycles. The molecule has 0 amide bonds. The molecule has 0 aliphatic carbocycles. The summed E-state index contributed by atoms with van der Waals surface area (Å²) in [4.78, 5) is 2.17. The Morgan fingerprint density at radius 1 is 1.47 bits per heavy atom. The molecule has 1 fully saturated rings. The normalized spacial score (nSPS) is 31.9. The number of phenolic OH excluding ortho intramolecular Hbond substituents is 1. The number of hydrogen-bond donors (Lipinski definition) is 2. The van der Waals surface area contributed by atoms with Gasteiger partial charge in [0.05, 0.1) is 12.3 Å². The van der Waals surface area contributed by atoms with Crippen LogP contribution >= 0.6 is 0 Å². The summed E-state index contributed by atoms with van der Waals surface area (Å²) in [6.45, 7) is 1.49. The van der Waals surface area contributed by atoms with E-state index >= 15 is 0 Å². The van der Waals surface area contributed by atoms with Gasteiger partial charge in [0.15, 0.2) is 0 Å².